The van der Waals surface area contributed by atoms with E-state index in [0.29, 0.717) is 47.3 Å². The smallest absolute Gasteiger partial charge is 0.259 e. The van der Waals surface area contributed by atoms with E-state index in [1.54, 1.807) is 12.1 Å². The third kappa shape index (κ3) is 3.61. The van der Waals surface area contributed by atoms with E-state index in [4.69, 9.17) is 4.42 Å². The predicted octanol–water partition coefficient (Wildman–Crippen LogP) is 4.14. The fourth-order valence-electron chi connectivity index (χ4n) is 5.07. The van der Waals surface area contributed by atoms with Crippen LogP contribution < -0.4 is 5.32 Å². The van der Waals surface area contributed by atoms with Crippen molar-refractivity contribution in [3.05, 3.63) is 64.9 Å². The van der Waals surface area contributed by atoms with Crippen LogP contribution in [0.2, 0.25) is 0 Å². The van der Waals surface area contributed by atoms with Gasteiger partial charge in [-0.3, -0.25) is 9.59 Å². The Balaban J connectivity index is 1.36. The van der Waals surface area contributed by atoms with Crippen LogP contribution in [0, 0.1) is 25.7 Å². The lowest BCUT2D eigenvalue weighted by Crippen LogP contribution is -2.30. The summed E-state index contributed by atoms with van der Waals surface area (Å²) in [5.74, 6) is 1.24. The molecule has 1 aliphatic carbocycles. The molecule has 2 heterocycles. The molecule has 2 fully saturated rings. The number of anilines is 1. The molecule has 6 nitrogen and oxygen atoms in total. The number of aliphatic hydroxyl groups excluding tert-OH is 1. The van der Waals surface area contributed by atoms with Gasteiger partial charge in [0.1, 0.15) is 11.3 Å². The van der Waals surface area contributed by atoms with Crippen molar-refractivity contribution in [1.29, 1.82) is 0 Å². The molecule has 31 heavy (non-hydrogen) atoms. The molecule has 1 unspecified atom stereocenters. The van der Waals surface area contributed by atoms with Gasteiger partial charge in [0.2, 0.25) is 0 Å². The lowest BCUT2D eigenvalue weighted by Gasteiger charge is -2.19. The molecule has 5 rings (SSSR count). The van der Waals surface area contributed by atoms with Crippen LogP contribution in [0.25, 0.3) is 11.0 Å². The minimum atomic E-state index is -0.266. The van der Waals surface area contributed by atoms with E-state index in [9.17, 15) is 14.7 Å². The minimum absolute atomic E-state index is 0.0249. The van der Waals surface area contributed by atoms with Crippen LogP contribution in [0.5, 0.6) is 0 Å². The van der Waals surface area contributed by atoms with Gasteiger partial charge >= 0.3 is 0 Å². The number of likely N-dealkylation sites (tertiary alicyclic amines) is 1. The number of furan rings is 1. The fourth-order valence-corrected chi connectivity index (χ4v) is 5.07. The highest BCUT2D eigenvalue weighted by molar-refractivity contribution is 6.12. The number of fused-ring (bicyclic) bond motifs is 2. The third-order valence-corrected chi connectivity index (χ3v) is 6.66. The molecule has 6 heteroatoms. The predicted molar refractivity (Wildman–Crippen MR) is 118 cm³/mol. The van der Waals surface area contributed by atoms with Crippen LogP contribution in [-0.2, 0) is 0 Å². The third-order valence-electron chi connectivity index (χ3n) is 6.66. The summed E-state index contributed by atoms with van der Waals surface area (Å²) in [6, 6.07) is 12.8. The number of carbonyl (C=O) groups is 2. The molecule has 2 aromatic carbocycles. The van der Waals surface area contributed by atoms with Gasteiger partial charge in [-0.15, -0.1) is 0 Å². The molecule has 160 valence electrons. The van der Waals surface area contributed by atoms with Crippen LogP contribution in [-0.4, -0.2) is 41.0 Å². The van der Waals surface area contributed by atoms with Crippen molar-refractivity contribution in [2.24, 2.45) is 11.8 Å². The number of aliphatic hydroxyl groups is 1. The van der Waals surface area contributed by atoms with E-state index < -0.39 is 0 Å². The number of carbonyl (C=O) groups excluding carboxylic acids is 2. The van der Waals surface area contributed by atoms with Crippen molar-refractivity contribution in [1.82, 2.24) is 4.90 Å². The molecule has 1 aromatic heterocycles. The minimum Gasteiger partial charge on any atom is -0.461 e. The number of hydrogen-bond donors (Lipinski definition) is 2. The Hall–Kier alpha value is -3.12. The Labute approximate surface area is 180 Å². The zero-order chi connectivity index (χ0) is 21.7. The first-order valence-corrected chi connectivity index (χ1v) is 10.8. The summed E-state index contributed by atoms with van der Waals surface area (Å²) in [6.07, 6.45) is 1.33. The molecule has 0 spiro atoms. The van der Waals surface area contributed by atoms with Gasteiger partial charge in [-0.1, -0.05) is 18.2 Å². The van der Waals surface area contributed by atoms with Crippen molar-refractivity contribution >= 4 is 28.5 Å². The first-order valence-electron chi connectivity index (χ1n) is 10.8. The van der Waals surface area contributed by atoms with Gasteiger partial charge in [-0.2, -0.15) is 0 Å². The van der Waals surface area contributed by atoms with Crippen LogP contribution in [0.4, 0.5) is 5.69 Å². The van der Waals surface area contributed by atoms with Crippen LogP contribution in [0.1, 0.15) is 44.9 Å². The largest absolute Gasteiger partial charge is 0.461 e. The Bertz CT molecular complexity index is 1170. The van der Waals surface area contributed by atoms with Crippen molar-refractivity contribution in [2.45, 2.75) is 32.8 Å². The standard InChI is InChI=1S/C25H26N2O4/c1-14-6-7-17(25(30)27-12-18-9-20(28)10-19(18)13-27)11-22(14)26-24(29)21-5-3-4-16-8-15(2)31-23(16)21/h3-8,11,18-20,28H,9-10,12-13H2,1-2H3,(H,26,29)/t18-,19+,20?. The second kappa shape index (κ2) is 7.54. The Morgan fingerprint density at radius 1 is 1.06 bits per heavy atom. The number of nitrogens with zero attached hydrogens (tertiary/aromatic N) is 1. The molecule has 1 saturated heterocycles. The molecule has 3 aromatic rings. The molecular formula is C25H26N2O4. The molecular weight excluding hydrogens is 392 g/mol. The van der Waals surface area contributed by atoms with Crippen LogP contribution in [0.3, 0.4) is 0 Å². The number of hydrogen-bond acceptors (Lipinski definition) is 4. The summed E-state index contributed by atoms with van der Waals surface area (Å²) in [7, 11) is 0. The van der Waals surface area contributed by atoms with Gasteiger partial charge in [0.05, 0.1) is 11.7 Å². The average molecular weight is 418 g/mol. The maximum absolute atomic E-state index is 13.1. The topological polar surface area (TPSA) is 82.8 Å². The highest BCUT2D eigenvalue weighted by atomic mass is 16.3. The lowest BCUT2D eigenvalue weighted by atomic mass is 10.0. The zero-order valence-corrected chi connectivity index (χ0v) is 17.7. The molecule has 0 radical (unpaired) electrons. The molecule has 1 saturated carbocycles. The lowest BCUT2D eigenvalue weighted by molar-refractivity contribution is 0.0765. The molecule has 2 amide bonds. The monoisotopic (exact) mass is 418 g/mol. The van der Waals surface area contributed by atoms with E-state index in [0.717, 1.165) is 29.6 Å². The van der Waals surface area contributed by atoms with E-state index in [1.165, 1.54) is 0 Å². The quantitative estimate of drug-likeness (QED) is 0.670. The molecule has 3 atom stereocenters. The molecule has 2 aliphatic rings. The maximum atomic E-state index is 13.1. The van der Waals surface area contributed by atoms with Gasteiger partial charge in [-0.05, 0) is 68.4 Å². The van der Waals surface area contributed by atoms with Gasteiger partial charge in [0.15, 0.2) is 0 Å². The zero-order valence-electron chi connectivity index (χ0n) is 17.7. The highest BCUT2D eigenvalue weighted by Gasteiger charge is 2.41. The summed E-state index contributed by atoms with van der Waals surface area (Å²) < 4.78 is 5.72. The normalized spacial score (nSPS) is 22.7. The van der Waals surface area contributed by atoms with Crippen LogP contribution in [0.15, 0.2) is 46.9 Å². The molecule has 0 bridgehead atoms. The first-order chi connectivity index (χ1) is 14.9. The first kappa shape index (κ1) is 19.8. The van der Waals surface area contributed by atoms with Crippen molar-refractivity contribution in [2.75, 3.05) is 18.4 Å². The second-order valence-corrected chi connectivity index (χ2v) is 8.92. The van der Waals surface area contributed by atoms with Crippen molar-refractivity contribution < 1.29 is 19.1 Å². The van der Waals surface area contributed by atoms with E-state index in [1.807, 2.05) is 49.1 Å². The summed E-state index contributed by atoms with van der Waals surface area (Å²) >= 11 is 0. The summed E-state index contributed by atoms with van der Waals surface area (Å²) in [5, 5.41) is 13.7. The van der Waals surface area contributed by atoms with Gasteiger partial charge in [0, 0.05) is 29.7 Å². The number of amides is 2. The van der Waals surface area contributed by atoms with Gasteiger partial charge < -0.3 is 19.7 Å². The number of rotatable bonds is 3. The number of para-hydroxylation sites is 1. The average Bonchev–Trinajstić information content (AvgIpc) is 3.40. The van der Waals surface area contributed by atoms with Gasteiger partial charge in [0.25, 0.3) is 11.8 Å². The Morgan fingerprint density at radius 3 is 2.55 bits per heavy atom. The fraction of sp³-hybridized carbons (Fsp3) is 0.360. The maximum Gasteiger partial charge on any atom is 0.259 e. The van der Waals surface area contributed by atoms with Crippen LogP contribution >= 0.6 is 0 Å². The van der Waals surface area contributed by atoms with Crippen molar-refractivity contribution in [3.63, 3.8) is 0 Å². The number of aryl methyl sites for hydroxylation is 2. The van der Waals surface area contributed by atoms with Gasteiger partial charge in [-0.25, -0.2) is 0 Å². The summed E-state index contributed by atoms with van der Waals surface area (Å²) in [4.78, 5) is 28.0. The van der Waals surface area contributed by atoms with E-state index in [2.05, 4.69) is 5.32 Å². The summed E-state index contributed by atoms with van der Waals surface area (Å²) in [6.45, 7) is 5.14. The number of nitrogens with one attached hydrogen (secondary N) is 1. The Kier molecular flexibility index (Phi) is 4.82. The van der Waals surface area contributed by atoms with E-state index >= 15 is 0 Å². The second-order valence-electron chi connectivity index (χ2n) is 8.92. The van der Waals surface area contributed by atoms with E-state index in [-0.39, 0.29) is 17.9 Å². The SMILES string of the molecule is Cc1cc2cccc(C(=O)Nc3cc(C(=O)N4C[C@H]5CC(O)C[C@H]5C4)ccc3C)c2o1. The Morgan fingerprint density at radius 2 is 1.81 bits per heavy atom. The van der Waals surface area contributed by atoms with Crippen molar-refractivity contribution in [3.8, 4) is 0 Å². The molecule has 2 N–H and O–H groups in total. The highest BCUT2D eigenvalue weighted by Crippen LogP contribution is 2.38. The summed E-state index contributed by atoms with van der Waals surface area (Å²) in [5.41, 5.74) is 3.09. The molecule has 1 aliphatic heterocycles. The number of benzene rings is 2.